The Labute approximate surface area is 124 Å². The molecular weight excluding hydrogens is 283 g/mol. The van der Waals surface area contributed by atoms with Gasteiger partial charge in [-0.05, 0) is 37.9 Å². The number of hydrogen-bond donors (Lipinski definition) is 2. The van der Waals surface area contributed by atoms with Crippen LogP contribution in [0.2, 0.25) is 0 Å². The van der Waals surface area contributed by atoms with E-state index in [-0.39, 0.29) is 24.1 Å². The number of nitrogens with one attached hydrogen (secondary N) is 2. The van der Waals surface area contributed by atoms with Crippen LogP contribution in [0.4, 0.5) is 10.1 Å². The summed E-state index contributed by atoms with van der Waals surface area (Å²) in [4.78, 5) is 12.3. The molecule has 1 aliphatic heterocycles. The van der Waals surface area contributed by atoms with E-state index in [1.165, 1.54) is 25.3 Å². The third-order valence-electron chi connectivity index (χ3n) is 3.69. The second-order valence-corrected chi connectivity index (χ2v) is 4.77. The Morgan fingerprint density at radius 3 is 2.85 bits per heavy atom. The predicted octanol–water partition coefficient (Wildman–Crippen LogP) is 2.73. The number of amides is 1. The van der Waals surface area contributed by atoms with Gasteiger partial charge in [-0.1, -0.05) is 6.92 Å². The molecule has 1 saturated heterocycles. The van der Waals surface area contributed by atoms with Crippen molar-refractivity contribution in [1.82, 2.24) is 5.32 Å². The van der Waals surface area contributed by atoms with Gasteiger partial charge in [-0.2, -0.15) is 0 Å². The molecule has 0 spiro atoms. The molecule has 1 aromatic carbocycles. The van der Waals surface area contributed by atoms with Crippen LogP contribution in [0.5, 0.6) is 5.75 Å². The number of methoxy groups -OCH3 is 1. The third kappa shape index (κ3) is 3.22. The normalized spacial score (nSPS) is 21.1. The maximum absolute atomic E-state index is 13.3. The fourth-order valence-electron chi connectivity index (χ4n) is 2.45. The van der Waals surface area contributed by atoms with Crippen LogP contribution in [0, 0.1) is 5.82 Å². The van der Waals surface area contributed by atoms with Gasteiger partial charge in [-0.25, -0.2) is 4.39 Å². The Morgan fingerprint density at radius 1 is 1.55 bits per heavy atom. The average molecular weight is 303 g/mol. The van der Waals surface area contributed by atoms with E-state index in [9.17, 15) is 9.18 Å². The summed E-state index contributed by atoms with van der Waals surface area (Å²) >= 11 is 0. The topological polar surface area (TPSA) is 50.4 Å². The van der Waals surface area contributed by atoms with Crippen molar-refractivity contribution in [2.45, 2.75) is 31.7 Å². The van der Waals surface area contributed by atoms with Gasteiger partial charge < -0.3 is 15.4 Å². The number of ether oxygens (including phenoxy) is 1. The molecule has 1 atom stereocenters. The van der Waals surface area contributed by atoms with Crippen LogP contribution in [-0.4, -0.2) is 25.1 Å². The van der Waals surface area contributed by atoms with Crippen molar-refractivity contribution in [3.63, 3.8) is 0 Å². The molecule has 0 aliphatic carbocycles. The molecule has 1 aliphatic rings. The lowest BCUT2D eigenvalue weighted by molar-refractivity contribution is -0.122. The molecule has 0 bridgehead atoms. The Morgan fingerprint density at radius 2 is 2.30 bits per heavy atom. The first-order chi connectivity index (χ1) is 9.11. The van der Waals surface area contributed by atoms with Gasteiger partial charge >= 0.3 is 0 Å². The summed E-state index contributed by atoms with van der Waals surface area (Å²) in [5.74, 6) is -0.381. The summed E-state index contributed by atoms with van der Waals surface area (Å²) in [5.41, 5.74) is 0.0477. The zero-order chi connectivity index (χ0) is 13.9. The molecule has 0 saturated carbocycles. The largest absolute Gasteiger partial charge is 0.494 e. The molecule has 1 amide bonds. The lowest BCUT2D eigenvalue weighted by atomic mass is 9.93. The maximum atomic E-state index is 13.3. The van der Waals surface area contributed by atoms with Crippen molar-refractivity contribution < 1.29 is 13.9 Å². The first kappa shape index (κ1) is 16.7. The first-order valence-corrected chi connectivity index (χ1v) is 6.51. The number of halogens is 2. The Balaban J connectivity index is 0.00000200. The monoisotopic (exact) mass is 302 g/mol. The zero-order valence-electron chi connectivity index (χ0n) is 11.7. The van der Waals surface area contributed by atoms with Crippen molar-refractivity contribution >= 4 is 24.0 Å². The number of rotatable bonds is 4. The summed E-state index contributed by atoms with van der Waals surface area (Å²) < 4.78 is 18.2. The quantitative estimate of drug-likeness (QED) is 0.899. The minimum absolute atomic E-state index is 0. The molecule has 4 nitrogen and oxygen atoms in total. The minimum Gasteiger partial charge on any atom is -0.494 e. The van der Waals surface area contributed by atoms with Crippen molar-refractivity contribution in [3.8, 4) is 5.75 Å². The van der Waals surface area contributed by atoms with Crippen LogP contribution in [0.15, 0.2) is 18.2 Å². The van der Waals surface area contributed by atoms with E-state index in [0.717, 1.165) is 25.8 Å². The lowest BCUT2D eigenvalue weighted by Gasteiger charge is -2.26. The summed E-state index contributed by atoms with van der Waals surface area (Å²) in [6.07, 6.45) is 2.55. The Kier molecular flexibility index (Phi) is 5.77. The van der Waals surface area contributed by atoms with Gasteiger partial charge in [0.2, 0.25) is 5.91 Å². The highest BCUT2D eigenvalue weighted by Crippen LogP contribution is 2.26. The van der Waals surface area contributed by atoms with Crippen LogP contribution in [-0.2, 0) is 4.79 Å². The van der Waals surface area contributed by atoms with Crippen molar-refractivity contribution in [1.29, 1.82) is 0 Å². The summed E-state index contributed by atoms with van der Waals surface area (Å²) in [5, 5.41) is 6.09. The number of carbonyl (C=O) groups excluding carboxylic acids is 1. The SMILES string of the molecule is CCC1(C(=O)Nc2ccc(F)c(OC)c2)CCCN1.Cl. The van der Waals surface area contributed by atoms with Gasteiger partial charge in [0, 0.05) is 11.8 Å². The van der Waals surface area contributed by atoms with Gasteiger partial charge in [0.1, 0.15) is 0 Å². The molecule has 2 N–H and O–H groups in total. The second kappa shape index (κ2) is 6.90. The lowest BCUT2D eigenvalue weighted by Crippen LogP contribution is -2.50. The molecule has 6 heteroatoms. The van der Waals surface area contributed by atoms with Gasteiger partial charge in [0.05, 0.1) is 12.6 Å². The first-order valence-electron chi connectivity index (χ1n) is 6.51. The number of hydrogen-bond acceptors (Lipinski definition) is 3. The maximum Gasteiger partial charge on any atom is 0.244 e. The molecule has 1 unspecified atom stereocenters. The molecule has 1 fully saturated rings. The molecule has 0 radical (unpaired) electrons. The van der Waals surface area contributed by atoms with Gasteiger partial charge in [0.15, 0.2) is 11.6 Å². The molecule has 1 heterocycles. The molecule has 2 rings (SSSR count). The van der Waals surface area contributed by atoms with Crippen molar-refractivity contribution in [2.24, 2.45) is 0 Å². The zero-order valence-corrected chi connectivity index (χ0v) is 12.5. The van der Waals surface area contributed by atoms with E-state index in [4.69, 9.17) is 4.74 Å². The average Bonchev–Trinajstić information content (AvgIpc) is 2.91. The van der Waals surface area contributed by atoms with Crippen LogP contribution in [0.3, 0.4) is 0 Å². The van der Waals surface area contributed by atoms with E-state index >= 15 is 0 Å². The smallest absolute Gasteiger partial charge is 0.244 e. The van der Waals surface area contributed by atoms with Crippen molar-refractivity contribution in [2.75, 3.05) is 19.0 Å². The molecular formula is C14H20ClFN2O2. The Hall–Kier alpha value is -1.33. The molecule has 112 valence electrons. The second-order valence-electron chi connectivity index (χ2n) is 4.77. The van der Waals surface area contributed by atoms with Crippen LogP contribution >= 0.6 is 12.4 Å². The minimum atomic E-state index is -0.498. The fourth-order valence-corrected chi connectivity index (χ4v) is 2.45. The van der Waals surface area contributed by atoms with Gasteiger partial charge in [-0.3, -0.25) is 4.79 Å². The fraction of sp³-hybridized carbons (Fsp3) is 0.500. The number of carbonyl (C=O) groups is 1. The van der Waals surface area contributed by atoms with E-state index in [2.05, 4.69) is 10.6 Å². The molecule has 20 heavy (non-hydrogen) atoms. The van der Waals surface area contributed by atoms with E-state index in [0.29, 0.717) is 5.69 Å². The highest BCUT2D eigenvalue weighted by Gasteiger charge is 2.39. The highest BCUT2D eigenvalue weighted by molar-refractivity contribution is 5.98. The summed E-state index contributed by atoms with van der Waals surface area (Å²) in [6.45, 7) is 2.84. The Bertz CT molecular complexity index is 476. The molecule has 1 aromatic rings. The van der Waals surface area contributed by atoms with Crippen LogP contribution in [0.25, 0.3) is 0 Å². The molecule has 0 aromatic heterocycles. The third-order valence-corrected chi connectivity index (χ3v) is 3.69. The summed E-state index contributed by atoms with van der Waals surface area (Å²) in [7, 11) is 1.40. The standard InChI is InChI=1S/C14H19FN2O2.ClH/c1-3-14(7-4-8-16-14)13(18)17-10-5-6-11(15)12(9-10)19-2;/h5-6,9,16H,3-4,7-8H2,1-2H3,(H,17,18);1H. The summed E-state index contributed by atoms with van der Waals surface area (Å²) in [6, 6.07) is 4.31. The van der Waals surface area contributed by atoms with E-state index < -0.39 is 11.4 Å². The predicted molar refractivity (Wildman–Crippen MR) is 79.1 cm³/mol. The number of benzene rings is 1. The van der Waals surface area contributed by atoms with Crippen molar-refractivity contribution in [3.05, 3.63) is 24.0 Å². The van der Waals surface area contributed by atoms with E-state index in [1.807, 2.05) is 6.92 Å². The van der Waals surface area contributed by atoms with E-state index in [1.54, 1.807) is 0 Å². The highest BCUT2D eigenvalue weighted by atomic mass is 35.5. The van der Waals surface area contributed by atoms with Crippen LogP contribution < -0.4 is 15.4 Å². The van der Waals surface area contributed by atoms with Crippen LogP contribution in [0.1, 0.15) is 26.2 Å². The van der Waals surface area contributed by atoms with Gasteiger partial charge in [-0.15, -0.1) is 12.4 Å². The number of anilines is 1. The van der Waals surface area contributed by atoms with Gasteiger partial charge in [0.25, 0.3) is 0 Å².